The second-order valence-electron chi connectivity index (χ2n) is 6.41. The lowest BCUT2D eigenvalue weighted by molar-refractivity contribution is -0.382. The molecule has 20 heteroatoms. The molecular formula is C12H12F11N2O5S2-. The molecule has 1 heterocycles. The number of alkyl halides is 11. The predicted molar refractivity (Wildman–Crippen MR) is 82.1 cm³/mol. The number of rotatable bonds is 7. The van der Waals surface area contributed by atoms with Crippen molar-refractivity contribution in [3.8, 4) is 0 Å². The molecule has 1 fully saturated rings. The number of halogens is 11. The Balaban J connectivity index is 3.36. The summed E-state index contributed by atoms with van der Waals surface area (Å²) in [5.74, 6) is -18.3. The SMILES string of the molecule is O=C(N1CCCCCC1)C(F)(F)S(=O)(=O)[N-]S(=O)(=O)C(F)(F)C(F)(F)C(F)(F)C(F)(F)F. The number of carbonyl (C=O) groups excluding carboxylic acids is 1. The van der Waals surface area contributed by atoms with E-state index in [1.807, 2.05) is 0 Å². The van der Waals surface area contributed by atoms with Crippen LogP contribution in [0.4, 0.5) is 48.3 Å². The Bertz CT molecular complexity index is 923. The van der Waals surface area contributed by atoms with Crippen molar-refractivity contribution in [2.24, 2.45) is 0 Å². The number of likely N-dealkylation sites (tertiary alicyclic amines) is 1. The van der Waals surface area contributed by atoms with Gasteiger partial charge in [0.05, 0.1) is 0 Å². The van der Waals surface area contributed by atoms with E-state index in [1.165, 1.54) is 0 Å². The van der Waals surface area contributed by atoms with Crippen molar-refractivity contribution in [2.45, 2.75) is 54.2 Å². The zero-order valence-electron chi connectivity index (χ0n) is 15.2. The van der Waals surface area contributed by atoms with Crippen LogP contribution in [0.25, 0.3) is 4.13 Å². The lowest BCUT2D eigenvalue weighted by Crippen LogP contribution is -2.63. The van der Waals surface area contributed by atoms with E-state index in [2.05, 4.69) is 0 Å². The molecule has 1 amide bonds. The van der Waals surface area contributed by atoms with Crippen LogP contribution in [0.3, 0.4) is 0 Å². The van der Waals surface area contributed by atoms with Crippen molar-refractivity contribution in [3.63, 3.8) is 0 Å². The van der Waals surface area contributed by atoms with Crippen molar-refractivity contribution in [2.75, 3.05) is 13.1 Å². The molecule has 7 nitrogen and oxygen atoms in total. The first-order chi connectivity index (χ1) is 14.0. The van der Waals surface area contributed by atoms with Crippen LogP contribution in [0.1, 0.15) is 25.7 Å². The van der Waals surface area contributed by atoms with Gasteiger partial charge in [0.2, 0.25) is 0 Å². The van der Waals surface area contributed by atoms with Crippen LogP contribution >= 0.6 is 0 Å². The maximum absolute atomic E-state index is 14.1. The minimum atomic E-state index is -8.05. The second-order valence-corrected chi connectivity index (χ2v) is 9.93. The molecule has 0 spiro atoms. The Kier molecular flexibility index (Phi) is 7.51. The van der Waals surface area contributed by atoms with Crippen LogP contribution in [-0.2, 0) is 24.8 Å². The van der Waals surface area contributed by atoms with E-state index in [0.29, 0.717) is 12.8 Å². The molecule has 0 unspecified atom stereocenters. The minimum Gasteiger partial charge on any atom is -0.425 e. The molecule has 1 rings (SSSR count). The van der Waals surface area contributed by atoms with Gasteiger partial charge in [-0.15, -0.1) is 0 Å². The van der Waals surface area contributed by atoms with Gasteiger partial charge in [0.1, 0.15) is 0 Å². The lowest BCUT2D eigenvalue weighted by atomic mass is 10.1. The van der Waals surface area contributed by atoms with Crippen LogP contribution in [0.5, 0.6) is 0 Å². The molecule has 1 aliphatic rings. The average Bonchev–Trinajstić information content (AvgIpc) is 2.87. The number of carbonyl (C=O) groups is 1. The van der Waals surface area contributed by atoms with Crippen molar-refractivity contribution in [3.05, 3.63) is 4.13 Å². The standard InChI is InChI=1S/C12H12F11N2O5S2/c13-8(14,7(26)25-5-3-1-2-4-6-25)31(27,28)24-32(29,30)12(22,23)10(17,18)9(15,16)11(19,20)21/h1-6H2/q-1. The van der Waals surface area contributed by atoms with E-state index < -0.39 is 67.6 Å². The van der Waals surface area contributed by atoms with E-state index >= 15 is 0 Å². The molecule has 1 aliphatic heterocycles. The molecular weight excluding hydrogens is 525 g/mol. The van der Waals surface area contributed by atoms with Crippen molar-refractivity contribution in [1.29, 1.82) is 0 Å². The fraction of sp³-hybridized carbons (Fsp3) is 0.917. The van der Waals surface area contributed by atoms with Gasteiger partial charge in [0.25, 0.3) is 0 Å². The molecule has 32 heavy (non-hydrogen) atoms. The van der Waals surface area contributed by atoms with Gasteiger partial charge in [-0.05, 0) is 12.8 Å². The summed E-state index contributed by atoms with van der Waals surface area (Å²) in [6.07, 6.45) is -6.55. The van der Waals surface area contributed by atoms with Gasteiger partial charge in [-0.1, -0.05) is 12.8 Å². The third-order valence-electron chi connectivity index (χ3n) is 4.10. The molecule has 0 aromatic rings. The fourth-order valence-electron chi connectivity index (χ4n) is 2.31. The van der Waals surface area contributed by atoms with Crippen molar-refractivity contribution >= 4 is 26.0 Å². The highest BCUT2D eigenvalue weighted by atomic mass is 32.3. The summed E-state index contributed by atoms with van der Waals surface area (Å²) in [4.78, 5) is 12.0. The summed E-state index contributed by atoms with van der Waals surface area (Å²) >= 11 is 0. The third-order valence-corrected chi connectivity index (χ3v) is 7.40. The Morgan fingerprint density at radius 1 is 0.656 bits per heavy atom. The molecule has 0 aromatic heterocycles. The van der Waals surface area contributed by atoms with E-state index in [0.717, 1.165) is 4.13 Å². The summed E-state index contributed by atoms with van der Waals surface area (Å²) in [6.45, 7) is -0.995. The predicted octanol–water partition coefficient (Wildman–Crippen LogP) is 3.44. The average molecular weight is 537 g/mol. The van der Waals surface area contributed by atoms with Gasteiger partial charge in [0.15, 0.2) is 20.0 Å². The van der Waals surface area contributed by atoms with Crippen LogP contribution in [0.2, 0.25) is 0 Å². The second kappa shape index (κ2) is 8.41. The monoisotopic (exact) mass is 537 g/mol. The Morgan fingerprint density at radius 3 is 1.44 bits per heavy atom. The number of hydrogen-bond donors (Lipinski definition) is 0. The molecule has 1 saturated heterocycles. The van der Waals surface area contributed by atoms with Crippen molar-refractivity contribution in [1.82, 2.24) is 4.90 Å². The van der Waals surface area contributed by atoms with Gasteiger partial charge < -0.3 is 9.03 Å². The first-order valence-electron chi connectivity index (χ1n) is 8.08. The molecule has 0 saturated carbocycles. The highest BCUT2D eigenvalue weighted by Gasteiger charge is 2.84. The molecule has 0 atom stereocenters. The van der Waals surface area contributed by atoms with Gasteiger partial charge >= 0.3 is 34.4 Å². The van der Waals surface area contributed by atoms with E-state index in [9.17, 15) is 69.9 Å². The molecule has 190 valence electrons. The highest BCUT2D eigenvalue weighted by molar-refractivity contribution is 8.13. The summed E-state index contributed by atoms with van der Waals surface area (Å²) in [7, 11) is -15.4. The van der Waals surface area contributed by atoms with Gasteiger partial charge in [-0.3, -0.25) is 4.79 Å². The Morgan fingerprint density at radius 2 is 1.06 bits per heavy atom. The molecule has 0 radical (unpaired) electrons. The van der Waals surface area contributed by atoms with Crippen molar-refractivity contribution < 1.29 is 69.9 Å². The van der Waals surface area contributed by atoms with Crippen LogP contribution in [0, 0.1) is 0 Å². The summed E-state index contributed by atoms with van der Waals surface area (Å²) in [6, 6.07) is 0. The number of amides is 1. The van der Waals surface area contributed by atoms with Gasteiger partial charge in [-0.2, -0.15) is 48.3 Å². The first kappa shape index (κ1) is 28.6. The number of sulfonamides is 2. The van der Waals surface area contributed by atoms with Crippen LogP contribution in [0.15, 0.2) is 0 Å². The van der Waals surface area contributed by atoms with Gasteiger partial charge in [0, 0.05) is 13.1 Å². The zero-order valence-corrected chi connectivity index (χ0v) is 16.8. The largest absolute Gasteiger partial charge is 0.460 e. The smallest absolute Gasteiger partial charge is 0.425 e. The quantitative estimate of drug-likeness (QED) is 0.463. The summed E-state index contributed by atoms with van der Waals surface area (Å²) in [5, 5.41) is -13.6. The lowest BCUT2D eigenvalue weighted by Gasteiger charge is -2.37. The normalized spacial score (nSPS) is 18.4. The number of nitrogens with zero attached hydrogens (tertiary/aromatic N) is 2. The zero-order chi connectivity index (χ0) is 25.6. The fourth-order valence-corrected chi connectivity index (χ4v) is 4.90. The van der Waals surface area contributed by atoms with Gasteiger partial charge in [-0.25, -0.2) is 16.8 Å². The topological polar surface area (TPSA) is 103 Å². The third kappa shape index (κ3) is 4.62. The minimum absolute atomic E-state index is 0.0636. The van der Waals surface area contributed by atoms with E-state index in [-0.39, 0.29) is 17.7 Å². The van der Waals surface area contributed by atoms with Crippen LogP contribution in [-0.4, -0.2) is 69.3 Å². The molecule has 0 aromatic carbocycles. The van der Waals surface area contributed by atoms with E-state index in [1.54, 1.807) is 0 Å². The summed E-state index contributed by atoms with van der Waals surface area (Å²) < 4.78 is 190. The Labute approximate surface area is 173 Å². The molecule has 0 bridgehead atoms. The first-order valence-corrected chi connectivity index (χ1v) is 11.0. The van der Waals surface area contributed by atoms with Crippen LogP contribution < -0.4 is 0 Å². The maximum Gasteiger partial charge on any atom is 0.460 e. The highest BCUT2D eigenvalue weighted by Crippen LogP contribution is 2.56. The summed E-state index contributed by atoms with van der Waals surface area (Å²) in [5.41, 5.74) is 0. The van der Waals surface area contributed by atoms with E-state index in [4.69, 9.17) is 0 Å². The molecule has 0 N–H and O–H groups in total. The molecule has 0 aliphatic carbocycles. The maximum atomic E-state index is 14.1. The Hall–Kier alpha value is -1.44. The number of hydrogen-bond acceptors (Lipinski definition) is 5.